The fourth-order valence-corrected chi connectivity index (χ4v) is 4.81. The van der Waals surface area contributed by atoms with E-state index in [0.717, 1.165) is 35.9 Å². The van der Waals surface area contributed by atoms with Gasteiger partial charge in [-0.1, -0.05) is 35.5 Å². The normalized spacial score (nSPS) is 14.5. The highest BCUT2D eigenvalue weighted by Crippen LogP contribution is 2.33. The number of benzene rings is 1. The summed E-state index contributed by atoms with van der Waals surface area (Å²) in [5, 5.41) is 8.76. The van der Waals surface area contributed by atoms with E-state index in [2.05, 4.69) is 10.3 Å². The predicted octanol–water partition coefficient (Wildman–Crippen LogP) is 2.72. The van der Waals surface area contributed by atoms with Crippen LogP contribution in [-0.2, 0) is 22.4 Å². The number of aromatic nitrogens is 3. The second-order valence-electron chi connectivity index (χ2n) is 6.76. The fraction of sp³-hybridized carbons (Fsp3) is 0.350. The molecule has 144 valence electrons. The molecule has 0 aliphatic heterocycles. The van der Waals surface area contributed by atoms with Gasteiger partial charge in [0, 0.05) is 10.4 Å². The summed E-state index contributed by atoms with van der Waals surface area (Å²) in [5.74, 6) is -0.957. The van der Waals surface area contributed by atoms with E-state index in [4.69, 9.17) is 4.74 Å². The molecule has 0 fully saturated rings. The van der Waals surface area contributed by atoms with Crippen molar-refractivity contribution in [2.75, 3.05) is 7.11 Å². The second-order valence-corrected chi connectivity index (χ2v) is 7.84. The Morgan fingerprint density at radius 3 is 2.71 bits per heavy atom. The lowest BCUT2D eigenvalue weighted by molar-refractivity contribution is -0.141. The van der Waals surface area contributed by atoms with Gasteiger partial charge in [-0.15, -0.1) is 16.4 Å². The van der Waals surface area contributed by atoms with Gasteiger partial charge in [0.15, 0.2) is 10.6 Å². The number of carbonyl (C=O) groups excluding carboxylic acids is 2. The van der Waals surface area contributed by atoms with Gasteiger partial charge in [0.2, 0.25) is 0 Å². The molecule has 4 rings (SSSR count). The van der Waals surface area contributed by atoms with Gasteiger partial charge in [-0.05, 0) is 31.2 Å². The van der Waals surface area contributed by atoms with Crippen LogP contribution < -0.4 is 5.56 Å². The van der Waals surface area contributed by atoms with Crippen molar-refractivity contribution < 1.29 is 14.3 Å². The van der Waals surface area contributed by atoms with E-state index in [1.54, 1.807) is 30.3 Å². The maximum atomic E-state index is 13.3. The average Bonchev–Trinajstić information content (AvgIpc) is 3.12. The molecule has 3 aromatic rings. The van der Waals surface area contributed by atoms with Crippen LogP contribution in [0.4, 0.5) is 0 Å². The molecule has 1 unspecified atom stereocenters. The van der Waals surface area contributed by atoms with Crippen molar-refractivity contribution in [2.24, 2.45) is 0 Å². The predicted molar refractivity (Wildman–Crippen MR) is 105 cm³/mol. The number of hydrogen-bond acceptors (Lipinski definition) is 7. The van der Waals surface area contributed by atoms with Gasteiger partial charge < -0.3 is 4.74 Å². The van der Waals surface area contributed by atoms with Crippen LogP contribution in [0.15, 0.2) is 35.1 Å². The number of thiophene rings is 1. The standard InChI is InChI=1S/C20H19N3O4S/c1-27-16(24)11-14(18(25)12-7-3-2-4-8-12)23-20(26)17-13-9-5-6-10-15(13)28-19(17)21-22-23/h2-4,7-8,14H,5-6,9-11H2,1H3. The molecule has 1 aliphatic carbocycles. The number of rotatable bonds is 5. The summed E-state index contributed by atoms with van der Waals surface area (Å²) < 4.78 is 5.79. The Morgan fingerprint density at radius 1 is 1.21 bits per heavy atom. The van der Waals surface area contributed by atoms with Crippen LogP contribution in [0.5, 0.6) is 0 Å². The number of Topliss-reactive ketones (excluding diaryl/α,β-unsaturated/α-hetero) is 1. The van der Waals surface area contributed by atoms with Crippen molar-refractivity contribution in [3.8, 4) is 0 Å². The Morgan fingerprint density at radius 2 is 1.96 bits per heavy atom. The Labute approximate surface area is 164 Å². The zero-order valence-electron chi connectivity index (χ0n) is 15.4. The molecule has 1 aliphatic rings. The van der Waals surface area contributed by atoms with Gasteiger partial charge in [0.1, 0.15) is 6.04 Å². The molecular formula is C20H19N3O4S. The summed E-state index contributed by atoms with van der Waals surface area (Å²) >= 11 is 1.49. The van der Waals surface area contributed by atoms with Crippen LogP contribution in [-0.4, -0.2) is 33.9 Å². The first kappa shape index (κ1) is 18.5. The number of hydrogen-bond donors (Lipinski definition) is 0. The van der Waals surface area contributed by atoms with Crippen molar-refractivity contribution >= 4 is 33.3 Å². The van der Waals surface area contributed by atoms with Crippen LogP contribution in [0.3, 0.4) is 0 Å². The van der Waals surface area contributed by atoms with Crippen LogP contribution in [0.25, 0.3) is 10.2 Å². The van der Waals surface area contributed by atoms with Crippen LogP contribution in [0.2, 0.25) is 0 Å². The summed E-state index contributed by atoms with van der Waals surface area (Å²) in [6.45, 7) is 0. The van der Waals surface area contributed by atoms with E-state index >= 15 is 0 Å². The smallest absolute Gasteiger partial charge is 0.308 e. The Bertz CT molecular complexity index is 1100. The third kappa shape index (κ3) is 3.24. The molecule has 1 atom stereocenters. The number of nitrogens with zero attached hydrogens (tertiary/aromatic N) is 3. The molecule has 8 heteroatoms. The van der Waals surface area contributed by atoms with Gasteiger partial charge in [0.25, 0.3) is 5.56 Å². The minimum atomic E-state index is -1.10. The lowest BCUT2D eigenvalue weighted by Crippen LogP contribution is -2.34. The molecule has 2 heterocycles. The van der Waals surface area contributed by atoms with E-state index in [-0.39, 0.29) is 17.8 Å². The highest BCUT2D eigenvalue weighted by molar-refractivity contribution is 7.18. The first-order chi connectivity index (χ1) is 13.6. The summed E-state index contributed by atoms with van der Waals surface area (Å²) in [5.41, 5.74) is 1.05. The summed E-state index contributed by atoms with van der Waals surface area (Å²) in [6, 6.07) is 7.46. The molecule has 0 amide bonds. The van der Waals surface area contributed by atoms with Gasteiger partial charge in [-0.2, -0.15) is 4.68 Å². The third-order valence-corrected chi connectivity index (χ3v) is 6.23. The number of carbonyl (C=O) groups is 2. The van der Waals surface area contributed by atoms with E-state index in [1.807, 2.05) is 0 Å². The molecule has 0 radical (unpaired) electrons. The SMILES string of the molecule is COC(=O)CC(C(=O)c1ccccc1)n1nnc2sc3c(c2c1=O)CCCC3. The summed E-state index contributed by atoms with van der Waals surface area (Å²) in [4.78, 5) is 40.1. The van der Waals surface area contributed by atoms with Gasteiger partial charge in [0.05, 0.1) is 18.9 Å². The van der Waals surface area contributed by atoms with Crippen molar-refractivity contribution in [2.45, 2.75) is 38.1 Å². The van der Waals surface area contributed by atoms with E-state index in [9.17, 15) is 14.4 Å². The second kappa shape index (κ2) is 7.63. The minimum absolute atomic E-state index is 0.281. The number of methoxy groups -OCH3 is 1. The molecular weight excluding hydrogens is 378 g/mol. The maximum Gasteiger partial charge on any atom is 0.308 e. The van der Waals surface area contributed by atoms with E-state index < -0.39 is 12.0 Å². The lowest BCUT2D eigenvalue weighted by Gasteiger charge is -2.16. The highest BCUT2D eigenvalue weighted by Gasteiger charge is 2.30. The van der Waals surface area contributed by atoms with Crippen LogP contribution in [0, 0.1) is 0 Å². The Balaban J connectivity index is 1.85. The Hall–Kier alpha value is -2.87. The number of aryl methyl sites for hydroxylation is 2. The van der Waals surface area contributed by atoms with E-state index in [1.165, 1.54) is 23.3 Å². The number of ether oxygens (including phenoxy) is 1. The highest BCUT2D eigenvalue weighted by atomic mass is 32.1. The van der Waals surface area contributed by atoms with Crippen molar-refractivity contribution in [1.82, 2.24) is 15.0 Å². The third-order valence-electron chi connectivity index (χ3n) is 5.05. The fourth-order valence-electron chi connectivity index (χ4n) is 3.62. The van der Waals surface area contributed by atoms with Gasteiger partial charge >= 0.3 is 5.97 Å². The average molecular weight is 397 g/mol. The van der Waals surface area contributed by atoms with Crippen LogP contribution >= 0.6 is 11.3 Å². The first-order valence-corrected chi connectivity index (χ1v) is 9.97. The maximum absolute atomic E-state index is 13.3. The van der Waals surface area contributed by atoms with E-state index in [0.29, 0.717) is 15.8 Å². The van der Waals surface area contributed by atoms with Crippen molar-refractivity contribution in [3.63, 3.8) is 0 Å². The van der Waals surface area contributed by atoms with Crippen molar-refractivity contribution in [1.29, 1.82) is 0 Å². The quantitative estimate of drug-likeness (QED) is 0.486. The Kier molecular flexibility index (Phi) is 5.04. The largest absolute Gasteiger partial charge is 0.469 e. The topological polar surface area (TPSA) is 91.2 Å². The van der Waals surface area contributed by atoms with Crippen LogP contribution in [0.1, 0.15) is 46.1 Å². The molecule has 1 aromatic carbocycles. The summed E-state index contributed by atoms with van der Waals surface area (Å²) in [7, 11) is 1.25. The molecule has 0 saturated heterocycles. The number of fused-ring (bicyclic) bond motifs is 3. The van der Waals surface area contributed by atoms with Crippen molar-refractivity contribution in [3.05, 3.63) is 56.7 Å². The monoisotopic (exact) mass is 397 g/mol. The molecule has 7 nitrogen and oxygen atoms in total. The van der Waals surface area contributed by atoms with Gasteiger partial charge in [-0.25, -0.2) is 0 Å². The molecule has 2 aromatic heterocycles. The molecule has 28 heavy (non-hydrogen) atoms. The zero-order valence-corrected chi connectivity index (χ0v) is 16.2. The molecule has 0 bridgehead atoms. The molecule has 0 spiro atoms. The minimum Gasteiger partial charge on any atom is -0.469 e. The zero-order chi connectivity index (χ0) is 19.7. The molecule has 0 saturated carbocycles. The van der Waals surface area contributed by atoms with Gasteiger partial charge in [-0.3, -0.25) is 14.4 Å². The number of ketones is 1. The first-order valence-electron chi connectivity index (χ1n) is 9.16. The number of esters is 1. The molecule has 0 N–H and O–H groups in total. The lowest BCUT2D eigenvalue weighted by atomic mass is 9.97. The summed E-state index contributed by atoms with van der Waals surface area (Å²) in [6.07, 6.45) is 3.60.